The van der Waals surface area contributed by atoms with Gasteiger partial charge in [0.1, 0.15) is 0 Å². The summed E-state index contributed by atoms with van der Waals surface area (Å²) < 4.78 is 0. The maximum Gasteiger partial charge on any atom is 0 e. The minimum absolute atomic E-state index is 0. The first-order valence-electron chi connectivity index (χ1n) is 0. The third-order valence-corrected chi connectivity index (χ3v) is 0. The van der Waals surface area contributed by atoms with E-state index in [1.165, 1.54) is 0 Å². The molecule has 32 valence electrons. The third kappa shape index (κ3) is 18.6. The van der Waals surface area contributed by atoms with E-state index in [2.05, 4.69) is 0 Å². The van der Waals surface area contributed by atoms with Crippen molar-refractivity contribution in [1.29, 1.82) is 0 Å². The van der Waals surface area contributed by atoms with Crippen molar-refractivity contribution in [2.75, 3.05) is 0 Å². The van der Waals surface area contributed by atoms with Gasteiger partial charge in [-0.25, -0.2) is 0 Å². The third-order valence-electron chi connectivity index (χ3n) is 0. The Morgan fingerprint density at radius 3 is 0.400 bits per heavy atom. The van der Waals surface area contributed by atoms with Crippen LogP contribution in [-0.2, 0) is 58.4 Å². The van der Waals surface area contributed by atoms with Crippen molar-refractivity contribution in [3.05, 3.63) is 0 Å². The van der Waals surface area contributed by atoms with E-state index in [-0.39, 0.29) is 106 Å². The van der Waals surface area contributed by atoms with Gasteiger partial charge in [0.2, 0.25) is 0 Å². The van der Waals surface area contributed by atoms with E-state index in [0.717, 1.165) is 0 Å². The monoisotopic (exact) mass is 546 g/mol. The van der Waals surface area contributed by atoms with Crippen LogP contribution in [0.25, 0.3) is 0 Å². The maximum absolute atomic E-state index is 0. The molecule has 0 atom stereocenters. The van der Waals surface area contributed by atoms with Gasteiger partial charge in [0, 0.05) is 106 Å². The van der Waals surface area contributed by atoms with Gasteiger partial charge in [-0.05, 0) is 0 Å². The summed E-state index contributed by atoms with van der Waals surface area (Å²) in [4.78, 5) is 0. The number of hydrogen-bond acceptors (Lipinski definition) is 0. The first-order valence-corrected chi connectivity index (χ1v) is 0. The number of rotatable bonds is 0. The largest absolute Gasteiger partial charge is 0 e. The number of hydrogen-bond donors (Lipinski definition) is 0. The van der Waals surface area contributed by atoms with Gasteiger partial charge in [0.05, 0.1) is 0 Å². The van der Waals surface area contributed by atoms with E-state index in [0.29, 0.717) is 0 Å². The standard InChI is InChI=1S/3Ru.2Sn. The zero-order valence-corrected chi connectivity index (χ0v) is 13.0. The predicted octanol–water partition coefficient (Wildman–Crippen LogP) is -0.769. The quantitative estimate of drug-likeness (QED) is 0.355. The molecule has 0 aromatic heterocycles. The van der Waals surface area contributed by atoms with Crippen molar-refractivity contribution >= 4 is 47.8 Å². The summed E-state index contributed by atoms with van der Waals surface area (Å²) in [5.74, 6) is 0. The molecule has 0 aromatic carbocycles. The molecule has 0 bridgehead atoms. The van der Waals surface area contributed by atoms with Crippen molar-refractivity contribution in [2.24, 2.45) is 0 Å². The molecular weight excluding hydrogens is 541 g/mol. The minimum atomic E-state index is 0. The van der Waals surface area contributed by atoms with Crippen LogP contribution in [0.15, 0.2) is 0 Å². The van der Waals surface area contributed by atoms with Crippen LogP contribution < -0.4 is 0 Å². The summed E-state index contributed by atoms with van der Waals surface area (Å²) in [6, 6.07) is 0. The van der Waals surface area contributed by atoms with Crippen LogP contribution >= 0.6 is 0 Å². The molecule has 0 nitrogen and oxygen atoms in total. The molecule has 0 spiro atoms. The van der Waals surface area contributed by atoms with E-state index < -0.39 is 0 Å². The Bertz CT molecular complexity index is 4.85. The van der Waals surface area contributed by atoms with Crippen molar-refractivity contribution in [1.82, 2.24) is 0 Å². The van der Waals surface area contributed by atoms with Gasteiger partial charge < -0.3 is 0 Å². The zero-order valence-electron chi connectivity index (χ0n) is 2.06. The molecule has 0 aliphatic rings. The van der Waals surface area contributed by atoms with Gasteiger partial charge in [-0.2, -0.15) is 0 Å². The molecule has 0 aromatic rings. The Labute approximate surface area is 104 Å². The SMILES string of the molecule is [Ru].[Ru].[Ru].[Sn].[Sn]. The molecule has 0 unspecified atom stereocenters. The van der Waals surface area contributed by atoms with Gasteiger partial charge in [0.15, 0.2) is 0 Å². The molecule has 0 aliphatic carbocycles. The maximum atomic E-state index is 0. The average molecular weight is 541 g/mol. The van der Waals surface area contributed by atoms with Crippen molar-refractivity contribution < 1.29 is 58.4 Å². The topological polar surface area (TPSA) is 0 Å². The summed E-state index contributed by atoms with van der Waals surface area (Å²) >= 11 is 0. The molecule has 5 heavy (non-hydrogen) atoms. The molecule has 0 aliphatic heterocycles. The van der Waals surface area contributed by atoms with E-state index in [1.54, 1.807) is 0 Å². The van der Waals surface area contributed by atoms with Crippen LogP contribution in [0.4, 0.5) is 0 Å². The summed E-state index contributed by atoms with van der Waals surface area (Å²) in [6.45, 7) is 0. The summed E-state index contributed by atoms with van der Waals surface area (Å²) in [5, 5.41) is 0. The Kier molecular flexibility index (Phi) is 204. The van der Waals surface area contributed by atoms with E-state index in [9.17, 15) is 0 Å². The van der Waals surface area contributed by atoms with Crippen LogP contribution in [0.2, 0.25) is 0 Å². The second-order valence-corrected chi connectivity index (χ2v) is 0. The predicted molar refractivity (Wildman–Crippen MR) is 11.5 cm³/mol. The fourth-order valence-electron chi connectivity index (χ4n) is 0. The molecular formula is Ru3Sn2. The van der Waals surface area contributed by atoms with Crippen LogP contribution in [0.1, 0.15) is 0 Å². The molecule has 0 N–H and O–H groups in total. The van der Waals surface area contributed by atoms with Crippen LogP contribution in [0.5, 0.6) is 0 Å². The fourth-order valence-corrected chi connectivity index (χ4v) is 0. The molecule has 8 radical (unpaired) electrons. The molecule has 5 heteroatoms. The van der Waals surface area contributed by atoms with Crippen LogP contribution in [-0.4, -0.2) is 47.8 Å². The Morgan fingerprint density at radius 1 is 0.400 bits per heavy atom. The first-order chi connectivity index (χ1) is 0. The van der Waals surface area contributed by atoms with Gasteiger partial charge in [-0.3, -0.25) is 0 Å². The fraction of sp³-hybridized carbons (Fsp3) is 0. The van der Waals surface area contributed by atoms with Crippen molar-refractivity contribution in [3.63, 3.8) is 0 Å². The van der Waals surface area contributed by atoms with E-state index in [4.69, 9.17) is 0 Å². The van der Waals surface area contributed by atoms with Crippen molar-refractivity contribution in [2.45, 2.75) is 0 Å². The summed E-state index contributed by atoms with van der Waals surface area (Å²) in [7, 11) is 0. The normalized spacial score (nSPS) is 0. The molecule has 0 rings (SSSR count). The summed E-state index contributed by atoms with van der Waals surface area (Å²) in [6.07, 6.45) is 0. The van der Waals surface area contributed by atoms with Gasteiger partial charge in [0.25, 0.3) is 0 Å². The molecule has 0 heterocycles. The second kappa shape index (κ2) is 26.0. The average Bonchev–Trinajstić information content (AvgIpc) is 0. The van der Waals surface area contributed by atoms with Crippen LogP contribution in [0, 0.1) is 0 Å². The Hall–Kier alpha value is 3.47. The van der Waals surface area contributed by atoms with Crippen molar-refractivity contribution in [3.8, 4) is 0 Å². The smallest absolute Gasteiger partial charge is 0 e. The molecule has 0 fully saturated rings. The van der Waals surface area contributed by atoms with Crippen LogP contribution in [0.3, 0.4) is 0 Å². The zero-order chi connectivity index (χ0) is 0. The molecule has 0 saturated carbocycles. The van der Waals surface area contributed by atoms with E-state index in [1.807, 2.05) is 0 Å². The van der Waals surface area contributed by atoms with Gasteiger partial charge >= 0.3 is 0 Å². The Balaban J connectivity index is 0. The second-order valence-electron chi connectivity index (χ2n) is 0. The molecule has 0 saturated heterocycles. The Morgan fingerprint density at radius 2 is 0.400 bits per heavy atom. The molecule has 0 amide bonds. The first kappa shape index (κ1) is 39.3. The summed E-state index contributed by atoms with van der Waals surface area (Å²) in [5.41, 5.74) is 0. The van der Waals surface area contributed by atoms with Gasteiger partial charge in [-0.15, -0.1) is 0 Å². The van der Waals surface area contributed by atoms with Gasteiger partial charge in [-0.1, -0.05) is 0 Å². The minimum Gasteiger partial charge on any atom is 0 e. The van der Waals surface area contributed by atoms with E-state index >= 15 is 0 Å².